The number of rotatable bonds is 72. The van der Waals surface area contributed by atoms with Crippen molar-refractivity contribution < 1.29 is 42.1 Å². The molecule has 86 heavy (non-hydrogen) atoms. The van der Waals surface area contributed by atoms with E-state index >= 15 is 0 Å². The Bertz CT molecular complexity index is 1500. The van der Waals surface area contributed by atoms with Gasteiger partial charge in [0.25, 0.3) is 0 Å². The van der Waals surface area contributed by atoms with Crippen LogP contribution in [0.4, 0.5) is 0 Å². The van der Waals surface area contributed by atoms with Gasteiger partial charge in [-0.25, -0.2) is 4.57 Å². The molecule has 0 heterocycles. The fourth-order valence-corrected chi connectivity index (χ4v) is 12.4. The Hall–Kier alpha value is -1.51. The Morgan fingerprint density at radius 1 is 0.360 bits per heavy atom. The normalized spacial score (nSPS) is 13.1. The molecule has 0 amide bonds. The van der Waals surface area contributed by atoms with E-state index in [1.165, 1.54) is 327 Å². The minimum absolute atomic E-state index is 0.0364. The van der Waals surface area contributed by atoms with E-state index in [0.29, 0.717) is 17.4 Å². The minimum atomic E-state index is -4.39. The van der Waals surface area contributed by atoms with E-state index in [9.17, 15) is 19.0 Å². The highest BCUT2D eigenvalue weighted by molar-refractivity contribution is 7.47. The van der Waals surface area contributed by atoms with Gasteiger partial charge in [0.2, 0.25) is 0 Å². The van der Waals surface area contributed by atoms with Crippen molar-refractivity contribution in [1.29, 1.82) is 0 Å². The molecule has 2 atom stereocenters. The van der Waals surface area contributed by atoms with E-state index in [0.717, 1.165) is 44.9 Å². The van der Waals surface area contributed by atoms with Crippen LogP contribution in [0.5, 0.6) is 0 Å². The number of nitrogens with zero attached hydrogens (tertiary/aromatic N) is 1. The molecule has 0 aromatic carbocycles. The summed E-state index contributed by atoms with van der Waals surface area (Å²) in [5.41, 5.74) is 0. The molecule has 0 aromatic rings. The Morgan fingerprint density at radius 3 is 0.919 bits per heavy atom. The molecule has 0 aliphatic rings. The highest BCUT2D eigenvalue weighted by Crippen LogP contribution is 2.43. The predicted octanol–water partition coefficient (Wildman–Crippen LogP) is 24.8. The first-order chi connectivity index (χ1) is 42.0. The van der Waals surface area contributed by atoms with Gasteiger partial charge < -0.3 is 18.9 Å². The number of allylic oxidation sites excluding steroid dienone is 4. The number of quaternary nitrogens is 1. The first-order valence-electron chi connectivity index (χ1n) is 38.1. The van der Waals surface area contributed by atoms with Crippen molar-refractivity contribution in [3.8, 4) is 0 Å². The van der Waals surface area contributed by atoms with Gasteiger partial charge in [0.15, 0.2) is 6.10 Å². The topological polar surface area (TPSA) is 108 Å². The third kappa shape index (κ3) is 71.6. The van der Waals surface area contributed by atoms with Crippen molar-refractivity contribution in [2.24, 2.45) is 0 Å². The van der Waals surface area contributed by atoms with E-state index in [1.807, 2.05) is 21.1 Å². The molecule has 0 radical (unpaired) electrons. The number of phosphoric acid groups is 1. The highest BCUT2D eigenvalue weighted by atomic mass is 31.2. The summed E-state index contributed by atoms with van der Waals surface area (Å²) in [6.07, 6.45) is 86.0. The molecule has 0 saturated heterocycles. The molecule has 2 unspecified atom stereocenters. The highest BCUT2D eigenvalue weighted by Gasteiger charge is 2.27. The summed E-state index contributed by atoms with van der Waals surface area (Å²) in [6, 6.07) is 0. The molecule has 0 rings (SSSR count). The van der Waals surface area contributed by atoms with E-state index < -0.39 is 26.5 Å². The molecule has 10 heteroatoms. The zero-order valence-corrected chi connectivity index (χ0v) is 59.2. The number of likely N-dealkylation sites (N-methyl/N-ethyl adjacent to an activating group) is 1. The standard InChI is InChI=1S/C76H148NO8P/c1-6-8-10-12-14-16-18-20-22-24-26-28-30-32-33-34-35-36-37-38-39-40-41-42-43-45-47-49-51-53-55-57-59-61-63-65-67-69-76(79)85-74(73-84-86(80,81)83-71-70-77(3,4)5)72-82-75(78)68-66-64-62-60-58-56-54-52-50-48-46-44-31-29-27-25-23-21-19-17-15-13-11-9-7-2/h18,20,24,26,74H,6-17,19,21-23,25,27-73H2,1-5H3/p+1/b20-18-,26-24-. The number of hydrogen-bond donors (Lipinski definition) is 1. The summed E-state index contributed by atoms with van der Waals surface area (Å²) in [7, 11) is 1.50. The van der Waals surface area contributed by atoms with Crippen LogP contribution >= 0.6 is 7.82 Å². The van der Waals surface area contributed by atoms with Crippen molar-refractivity contribution in [3.63, 3.8) is 0 Å². The predicted molar refractivity (Wildman–Crippen MR) is 372 cm³/mol. The van der Waals surface area contributed by atoms with Crippen molar-refractivity contribution >= 4 is 19.8 Å². The number of ether oxygens (including phenoxy) is 2. The molecule has 0 fully saturated rings. The van der Waals surface area contributed by atoms with Crippen molar-refractivity contribution in [2.45, 2.75) is 405 Å². The van der Waals surface area contributed by atoms with Gasteiger partial charge in [0.05, 0.1) is 27.7 Å². The third-order valence-corrected chi connectivity index (χ3v) is 18.5. The molecular weight excluding hydrogens is 1090 g/mol. The van der Waals surface area contributed by atoms with Crippen LogP contribution in [0.2, 0.25) is 0 Å². The van der Waals surface area contributed by atoms with Crippen LogP contribution in [-0.4, -0.2) is 74.9 Å². The maximum absolute atomic E-state index is 12.9. The Labute approximate surface area is 536 Å². The average molecular weight is 1240 g/mol. The van der Waals surface area contributed by atoms with Crippen LogP contribution in [0.25, 0.3) is 0 Å². The van der Waals surface area contributed by atoms with Crippen LogP contribution < -0.4 is 0 Å². The lowest BCUT2D eigenvalue weighted by molar-refractivity contribution is -0.870. The monoisotopic (exact) mass is 1240 g/mol. The van der Waals surface area contributed by atoms with Crippen LogP contribution in [-0.2, 0) is 32.7 Å². The van der Waals surface area contributed by atoms with Crippen LogP contribution in [0.1, 0.15) is 399 Å². The zero-order valence-electron chi connectivity index (χ0n) is 58.3. The van der Waals surface area contributed by atoms with Gasteiger partial charge in [-0.3, -0.25) is 18.6 Å². The Balaban J connectivity index is 3.91. The number of hydrogen-bond acceptors (Lipinski definition) is 7. The maximum Gasteiger partial charge on any atom is 0.472 e. The molecular formula is C76H149NO8P+. The summed E-state index contributed by atoms with van der Waals surface area (Å²) < 4.78 is 34.8. The Kier molecular flexibility index (Phi) is 66.7. The molecule has 510 valence electrons. The fourth-order valence-electron chi connectivity index (χ4n) is 11.6. The summed E-state index contributed by atoms with van der Waals surface area (Å²) in [4.78, 5) is 35.9. The average Bonchev–Trinajstić information content (AvgIpc) is 3.67. The first kappa shape index (κ1) is 84.5. The van der Waals surface area contributed by atoms with E-state index in [4.69, 9.17) is 18.5 Å². The van der Waals surface area contributed by atoms with Crippen molar-refractivity contribution in [1.82, 2.24) is 0 Å². The van der Waals surface area contributed by atoms with Crippen molar-refractivity contribution in [2.75, 3.05) is 47.5 Å². The Morgan fingerprint density at radius 2 is 0.628 bits per heavy atom. The summed E-state index contributed by atoms with van der Waals surface area (Å²) >= 11 is 0. The number of esters is 2. The smallest absolute Gasteiger partial charge is 0.462 e. The molecule has 0 aromatic heterocycles. The minimum Gasteiger partial charge on any atom is -0.462 e. The van der Waals surface area contributed by atoms with Crippen LogP contribution in [0.3, 0.4) is 0 Å². The zero-order chi connectivity index (χ0) is 62.6. The quantitative estimate of drug-likeness (QED) is 0.0211. The van der Waals surface area contributed by atoms with Gasteiger partial charge in [-0.1, -0.05) is 366 Å². The molecule has 0 saturated carbocycles. The first-order valence-corrected chi connectivity index (χ1v) is 39.6. The van der Waals surface area contributed by atoms with E-state index in [-0.39, 0.29) is 25.6 Å². The van der Waals surface area contributed by atoms with Gasteiger partial charge in [-0.05, 0) is 44.9 Å². The van der Waals surface area contributed by atoms with Gasteiger partial charge in [0, 0.05) is 12.8 Å². The molecule has 0 aliphatic heterocycles. The second-order valence-corrected chi connectivity index (χ2v) is 28.9. The molecule has 0 aliphatic carbocycles. The second-order valence-electron chi connectivity index (χ2n) is 27.4. The number of phosphoric ester groups is 1. The van der Waals surface area contributed by atoms with Gasteiger partial charge in [-0.15, -0.1) is 0 Å². The maximum atomic E-state index is 12.9. The number of carbonyl (C=O) groups excluding carboxylic acids is 2. The van der Waals surface area contributed by atoms with Gasteiger partial charge in [0.1, 0.15) is 19.8 Å². The molecule has 9 nitrogen and oxygen atoms in total. The molecule has 0 spiro atoms. The summed E-state index contributed by atoms with van der Waals surface area (Å²) in [5, 5.41) is 0. The number of unbranched alkanes of at least 4 members (excludes halogenated alkanes) is 54. The number of carbonyl (C=O) groups is 2. The van der Waals surface area contributed by atoms with Crippen LogP contribution in [0.15, 0.2) is 24.3 Å². The summed E-state index contributed by atoms with van der Waals surface area (Å²) in [6.45, 7) is 4.51. The van der Waals surface area contributed by atoms with E-state index in [1.54, 1.807) is 0 Å². The lowest BCUT2D eigenvalue weighted by Crippen LogP contribution is -2.37. The lowest BCUT2D eigenvalue weighted by Gasteiger charge is -2.24. The van der Waals surface area contributed by atoms with Gasteiger partial charge in [-0.2, -0.15) is 0 Å². The largest absolute Gasteiger partial charge is 0.472 e. The second kappa shape index (κ2) is 67.9. The van der Waals surface area contributed by atoms with E-state index in [2.05, 4.69) is 38.2 Å². The fraction of sp³-hybridized carbons (Fsp3) is 0.921. The summed E-state index contributed by atoms with van der Waals surface area (Å²) in [5.74, 6) is -0.769. The van der Waals surface area contributed by atoms with Gasteiger partial charge >= 0.3 is 19.8 Å². The van der Waals surface area contributed by atoms with Crippen LogP contribution in [0, 0.1) is 0 Å². The van der Waals surface area contributed by atoms with Crippen molar-refractivity contribution in [3.05, 3.63) is 24.3 Å². The third-order valence-electron chi connectivity index (χ3n) is 17.5. The lowest BCUT2D eigenvalue weighted by atomic mass is 10.0. The molecule has 0 bridgehead atoms. The molecule has 1 N–H and O–H groups in total. The SMILES string of the molecule is CCCCCCC/C=C\C/C=C\CCCCCCCCCCCCCCCCCCCCCCCCCCCC(=O)OC(COC(=O)CCCCCCCCCCCCCCCCCCCCCCCCCCC)COP(=O)(O)OCC[N+](C)(C)C.